The maximum Gasteiger partial charge on any atom is 0.191 e. The van der Waals surface area contributed by atoms with Crippen LogP contribution in [0, 0.1) is 0 Å². The van der Waals surface area contributed by atoms with Crippen LogP contribution in [0.5, 0.6) is 0 Å². The van der Waals surface area contributed by atoms with Crippen molar-refractivity contribution in [3.05, 3.63) is 11.6 Å². The molecule has 0 saturated carbocycles. The van der Waals surface area contributed by atoms with Crippen molar-refractivity contribution in [2.24, 2.45) is 4.99 Å². The Balaban J connectivity index is 0.00000364. The molecule has 2 heterocycles. The standard InChI is InChI=1S/C17H33N7O2.HI/c1-5-18-17(19-8-9-23(2)10-11-25-3)20-14-6-7-16-21-15(13-26-4)22-24(16)12-14;/h14H,5-13H2,1-4H3,(H2,18,19,20);1H. The van der Waals surface area contributed by atoms with Crippen molar-refractivity contribution in [3.8, 4) is 0 Å². The lowest BCUT2D eigenvalue weighted by Gasteiger charge is -2.25. The van der Waals surface area contributed by atoms with Crippen LogP contribution in [0.2, 0.25) is 0 Å². The maximum absolute atomic E-state index is 5.12. The predicted molar refractivity (Wildman–Crippen MR) is 117 cm³/mol. The highest BCUT2D eigenvalue weighted by Gasteiger charge is 2.22. The van der Waals surface area contributed by atoms with Gasteiger partial charge in [-0.25, -0.2) is 9.67 Å². The van der Waals surface area contributed by atoms with Gasteiger partial charge in [-0.2, -0.15) is 5.10 Å². The van der Waals surface area contributed by atoms with E-state index in [2.05, 4.69) is 39.6 Å². The Hall–Kier alpha value is -0.980. The Bertz CT molecular complexity index is 567. The van der Waals surface area contributed by atoms with Crippen molar-refractivity contribution < 1.29 is 9.47 Å². The molecule has 0 aromatic carbocycles. The van der Waals surface area contributed by atoms with Gasteiger partial charge in [-0.15, -0.1) is 24.0 Å². The van der Waals surface area contributed by atoms with Crippen LogP contribution in [0.1, 0.15) is 25.0 Å². The van der Waals surface area contributed by atoms with Gasteiger partial charge in [-0.3, -0.25) is 4.99 Å². The Kier molecular flexibility index (Phi) is 11.8. The summed E-state index contributed by atoms with van der Waals surface area (Å²) < 4.78 is 12.2. The van der Waals surface area contributed by atoms with Gasteiger partial charge in [-0.1, -0.05) is 0 Å². The zero-order chi connectivity index (χ0) is 18.8. The topological polar surface area (TPSA) is 88.8 Å². The average Bonchev–Trinajstić information content (AvgIpc) is 3.02. The molecule has 1 aliphatic rings. The molecule has 9 nitrogen and oxygen atoms in total. The van der Waals surface area contributed by atoms with Gasteiger partial charge >= 0.3 is 0 Å². The highest BCUT2D eigenvalue weighted by Crippen LogP contribution is 2.13. The second-order valence-electron chi connectivity index (χ2n) is 6.50. The quantitative estimate of drug-likeness (QED) is 0.278. The summed E-state index contributed by atoms with van der Waals surface area (Å²) in [7, 11) is 5.47. The number of fused-ring (bicyclic) bond motifs is 1. The van der Waals surface area contributed by atoms with Crippen molar-refractivity contribution >= 4 is 29.9 Å². The van der Waals surface area contributed by atoms with Crippen molar-refractivity contribution in [1.82, 2.24) is 30.3 Å². The number of nitrogens with zero attached hydrogens (tertiary/aromatic N) is 5. The van der Waals surface area contributed by atoms with Gasteiger partial charge in [0.2, 0.25) is 0 Å². The molecule has 0 radical (unpaired) electrons. The van der Waals surface area contributed by atoms with E-state index >= 15 is 0 Å². The van der Waals surface area contributed by atoms with Crippen molar-refractivity contribution in [2.45, 2.75) is 39.0 Å². The number of hydrogen-bond donors (Lipinski definition) is 2. The third-order valence-corrected chi connectivity index (χ3v) is 4.29. The van der Waals surface area contributed by atoms with E-state index in [0.717, 1.165) is 69.8 Å². The fourth-order valence-electron chi connectivity index (χ4n) is 2.87. The van der Waals surface area contributed by atoms with Crippen LogP contribution in [0.3, 0.4) is 0 Å². The summed E-state index contributed by atoms with van der Waals surface area (Å²) in [4.78, 5) is 11.4. The summed E-state index contributed by atoms with van der Waals surface area (Å²) in [6, 6.07) is 0.295. The predicted octanol–water partition coefficient (Wildman–Crippen LogP) is 0.491. The van der Waals surface area contributed by atoms with Gasteiger partial charge in [0.25, 0.3) is 0 Å². The van der Waals surface area contributed by atoms with Gasteiger partial charge < -0.3 is 25.0 Å². The lowest BCUT2D eigenvalue weighted by molar-refractivity contribution is 0.163. The summed E-state index contributed by atoms with van der Waals surface area (Å²) in [6.07, 6.45) is 1.93. The molecule has 1 aromatic rings. The molecule has 0 spiro atoms. The molecule has 156 valence electrons. The van der Waals surface area contributed by atoms with E-state index in [0.29, 0.717) is 12.6 Å². The molecular weight excluding hydrogens is 461 g/mol. The number of aliphatic imine (C=N–C) groups is 1. The van der Waals surface area contributed by atoms with E-state index < -0.39 is 0 Å². The molecular formula is C17H34IN7O2. The molecule has 0 aliphatic carbocycles. The first-order chi connectivity index (χ1) is 12.7. The molecule has 1 aromatic heterocycles. The molecule has 2 N–H and O–H groups in total. The molecule has 0 bridgehead atoms. The number of rotatable bonds is 10. The van der Waals surface area contributed by atoms with Crippen LogP contribution in [0.25, 0.3) is 0 Å². The minimum atomic E-state index is 0. The molecule has 2 rings (SSSR count). The van der Waals surface area contributed by atoms with Crippen LogP contribution in [-0.2, 0) is 29.0 Å². The number of nitrogens with one attached hydrogen (secondary N) is 2. The maximum atomic E-state index is 5.12. The smallest absolute Gasteiger partial charge is 0.191 e. The second-order valence-corrected chi connectivity index (χ2v) is 6.50. The van der Waals surface area contributed by atoms with Gasteiger partial charge in [0, 0.05) is 46.3 Å². The Morgan fingerprint density at radius 1 is 1.33 bits per heavy atom. The number of hydrogen-bond acceptors (Lipinski definition) is 6. The van der Waals surface area contributed by atoms with Crippen molar-refractivity contribution in [3.63, 3.8) is 0 Å². The highest BCUT2D eigenvalue weighted by atomic mass is 127. The Morgan fingerprint density at radius 3 is 2.85 bits per heavy atom. The van der Waals surface area contributed by atoms with Crippen LogP contribution in [0.15, 0.2) is 4.99 Å². The Labute approximate surface area is 179 Å². The summed E-state index contributed by atoms with van der Waals surface area (Å²) >= 11 is 0. The first-order valence-electron chi connectivity index (χ1n) is 9.30. The third kappa shape index (κ3) is 8.28. The van der Waals surface area contributed by atoms with Crippen molar-refractivity contribution in [2.75, 3.05) is 54.1 Å². The lowest BCUT2D eigenvalue weighted by atomic mass is 10.1. The molecule has 27 heavy (non-hydrogen) atoms. The number of ether oxygens (including phenoxy) is 2. The Morgan fingerprint density at radius 2 is 2.15 bits per heavy atom. The fourth-order valence-corrected chi connectivity index (χ4v) is 2.87. The SMILES string of the molecule is CCNC(=NCCN(C)CCOC)NC1CCc2nc(COC)nn2C1.I. The zero-order valence-corrected chi connectivity index (χ0v) is 19.2. The molecule has 0 saturated heterocycles. The molecule has 1 atom stereocenters. The van der Waals surface area contributed by atoms with E-state index in [4.69, 9.17) is 14.5 Å². The van der Waals surface area contributed by atoms with E-state index in [1.165, 1.54) is 0 Å². The summed E-state index contributed by atoms with van der Waals surface area (Å²) in [5, 5.41) is 11.4. The van der Waals surface area contributed by atoms with E-state index in [-0.39, 0.29) is 24.0 Å². The van der Waals surface area contributed by atoms with Crippen LogP contribution in [-0.4, -0.2) is 85.7 Å². The number of methoxy groups -OCH3 is 2. The number of halogens is 1. The number of likely N-dealkylation sites (N-methyl/N-ethyl adjacent to an activating group) is 1. The number of aromatic nitrogens is 3. The molecule has 0 fully saturated rings. The highest BCUT2D eigenvalue weighted by molar-refractivity contribution is 14.0. The number of guanidine groups is 1. The van der Waals surface area contributed by atoms with Gasteiger partial charge in [-0.05, 0) is 20.4 Å². The van der Waals surface area contributed by atoms with Gasteiger partial charge in [0.05, 0.1) is 19.7 Å². The minimum absolute atomic E-state index is 0. The summed E-state index contributed by atoms with van der Waals surface area (Å²) in [5.41, 5.74) is 0. The average molecular weight is 495 g/mol. The first kappa shape index (κ1) is 24.1. The monoisotopic (exact) mass is 495 g/mol. The van der Waals surface area contributed by atoms with Gasteiger partial charge in [0.15, 0.2) is 11.8 Å². The molecule has 1 aliphatic heterocycles. The van der Waals surface area contributed by atoms with E-state index in [9.17, 15) is 0 Å². The summed E-state index contributed by atoms with van der Waals surface area (Å²) in [5.74, 6) is 2.65. The number of aryl methyl sites for hydroxylation is 1. The molecule has 1 unspecified atom stereocenters. The van der Waals surface area contributed by atoms with Gasteiger partial charge in [0.1, 0.15) is 12.4 Å². The largest absolute Gasteiger partial charge is 0.383 e. The van der Waals surface area contributed by atoms with E-state index in [1.807, 2.05) is 4.68 Å². The normalized spacial score (nSPS) is 16.8. The molecule has 10 heteroatoms. The van der Waals surface area contributed by atoms with Crippen LogP contribution < -0.4 is 10.6 Å². The summed E-state index contributed by atoms with van der Waals surface area (Å²) in [6.45, 7) is 7.47. The van der Waals surface area contributed by atoms with E-state index in [1.54, 1.807) is 14.2 Å². The van der Waals surface area contributed by atoms with Crippen LogP contribution >= 0.6 is 24.0 Å². The minimum Gasteiger partial charge on any atom is -0.383 e. The lowest BCUT2D eigenvalue weighted by Crippen LogP contribution is -2.47. The zero-order valence-electron chi connectivity index (χ0n) is 16.9. The molecule has 0 amide bonds. The first-order valence-corrected chi connectivity index (χ1v) is 9.30. The van der Waals surface area contributed by atoms with Crippen molar-refractivity contribution in [1.29, 1.82) is 0 Å². The third-order valence-electron chi connectivity index (χ3n) is 4.29. The second kappa shape index (κ2) is 13.2. The fraction of sp³-hybridized carbons (Fsp3) is 0.824. The van der Waals surface area contributed by atoms with Crippen LogP contribution in [0.4, 0.5) is 0 Å².